The molecule has 0 fully saturated rings. The Bertz CT molecular complexity index is 2370. The van der Waals surface area contributed by atoms with Crippen LogP contribution in [0.1, 0.15) is 0 Å². The van der Waals surface area contributed by atoms with Crippen molar-refractivity contribution in [1.82, 2.24) is 0 Å². The van der Waals surface area contributed by atoms with Gasteiger partial charge in [-0.1, -0.05) is 146 Å². The fourth-order valence-corrected chi connectivity index (χ4v) is 7.94. The van der Waals surface area contributed by atoms with E-state index >= 15 is 0 Å². The van der Waals surface area contributed by atoms with Crippen molar-refractivity contribution in [2.45, 2.75) is 0 Å². The van der Waals surface area contributed by atoms with Crippen LogP contribution in [0.15, 0.2) is 146 Å². The van der Waals surface area contributed by atoms with Crippen LogP contribution in [0.4, 0.5) is 0 Å². The van der Waals surface area contributed by atoms with E-state index in [-0.39, 0.29) is 0 Å². The topological polar surface area (TPSA) is 0 Å². The highest BCUT2D eigenvalue weighted by atomic mass is 14.3. The zero-order valence-corrected chi connectivity index (χ0v) is 22.9. The van der Waals surface area contributed by atoms with Crippen molar-refractivity contribution < 1.29 is 0 Å². The lowest BCUT2D eigenvalue weighted by Crippen LogP contribution is -1.93. The predicted octanol–water partition coefficient (Wildman–Crippen LogP) is 11.9. The molecule has 0 aliphatic heterocycles. The number of fused-ring (bicyclic) bond motifs is 6. The van der Waals surface area contributed by atoms with Gasteiger partial charge in [-0.15, -0.1) is 0 Å². The minimum atomic E-state index is 1.26. The van der Waals surface area contributed by atoms with Gasteiger partial charge >= 0.3 is 0 Å². The Morgan fingerprint density at radius 1 is 0.238 bits per heavy atom. The summed E-state index contributed by atoms with van der Waals surface area (Å²) in [5, 5.41) is 13.4. The Morgan fingerprint density at radius 3 is 1.17 bits per heavy atom. The molecule has 10 rings (SSSR count). The van der Waals surface area contributed by atoms with Crippen LogP contribution in [0.3, 0.4) is 0 Å². The van der Waals surface area contributed by atoms with Gasteiger partial charge in [0.15, 0.2) is 0 Å². The maximum atomic E-state index is 2.40. The average molecular weight is 529 g/mol. The average Bonchev–Trinajstić information content (AvgIpc) is 3.39. The Balaban J connectivity index is 1.48. The van der Waals surface area contributed by atoms with E-state index in [1.165, 1.54) is 98.4 Å². The molecule has 9 aromatic carbocycles. The lowest BCUT2D eigenvalue weighted by Gasteiger charge is -2.20. The molecule has 0 saturated heterocycles. The largest absolute Gasteiger partial charge is 0.0622 e. The van der Waals surface area contributed by atoms with Gasteiger partial charge in [-0.25, -0.2) is 0 Å². The van der Waals surface area contributed by atoms with Crippen LogP contribution in [0.2, 0.25) is 0 Å². The monoisotopic (exact) mass is 528 g/mol. The minimum absolute atomic E-state index is 1.26. The van der Waals surface area contributed by atoms with Crippen molar-refractivity contribution in [3.05, 3.63) is 146 Å². The van der Waals surface area contributed by atoms with E-state index in [1.807, 2.05) is 0 Å². The molecule has 0 atom stereocenters. The summed E-state index contributed by atoms with van der Waals surface area (Å²) >= 11 is 0. The van der Waals surface area contributed by atoms with Crippen molar-refractivity contribution in [3.63, 3.8) is 0 Å². The molecule has 1 aliphatic carbocycles. The normalized spacial score (nSPS) is 12.3. The third-order valence-corrected chi connectivity index (χ3v) is 9.53. The van der Waals surface area contributed by atoms with Gasteiger partial charge in [0.05, 0.1) is 0 Å². The second-order valence-corrected chi connectivity index (χ2v) is 11.6. The van der Waals surface area contributed by atoms with Crippen LogP contribution in [-0.4, -0.2) is 0 Å². The summed E-state index contributed by atoms with van der Waals surface area (Å²) in [4.78, 5) is 0. The summed E-state index contributed by atoms with van der Waals surface area (Å²) in [5.74, 6) is 0. The molecule has 0 heterocycles. The summed E-state index contributed by atoms with van der Waals surface area (Å²) in [7, 11) is 0. The summed E-state index contributed by atoms with van der Waals surface area (Å²) in [6.07, 6.45) is 0. The van der Waals surface area contributed by atoms with Crippen molar-refractivity contribution in [2.24, 2.45) is 0 Å². The van der Waals surface area contributed by atoms with Gasteiger partial charge in [-0.2, -0.15) is 0 Å². The first-order valence-electron chi connectivity index (χ1n) is 14.7. The van der Waals surface area contributed by atoms with Crippen LogP contribution >= 0.6 is 0 Å². The van der Waals surface area contributed by atoms with Gasteiger partial charge in [0, 0.05) is 0 Å². The number of rotatable bonds is 2. The highest BCUT2D eigenvalue weighted by molar-refractivity contribution is 6.39. The zero-order chi connectivity index (χ0) is 27.4. The van der Waals surface area contributed by atoms with Gasteiger partial charge in [0.1, 0.15) is 0 Å². The third kappa shape index (κ3) is 2.72. The SMILES string of the molecule is c1ccc(-c2c3c(c(-c4ccccc4)c4ccccc24)-c2ccc4c5cccc6cccc(c7ccc-3c2c74)c65)cc1. The summed E-state index contributed by atoms with van der Waals surface area (Å²) in [6, 6.07) is 54.0. The Kier molecular flexibility index (Phi) is 4.27. The Labute approximate surface area is 243 Å². The van der Waals surface area contributed by atoms with Crippen molar-refractivity contribution in [2.75, 3.05) is 0 Å². The third-order valence-electron chi connectivity index (χ3n) is 9.53. The summed E-state index contributed by atoms with van der Waals surface area (Å²) in [6.45, 7) is 0. The van der Waals surface area contributed by atoms with Gasteiger partial charge in [-0.05, 0) is 98.4 Å². The summed E-state index contributed by atoms with van der Waals surface area (Å²) < 4.78 is 0. The van der Waals surface area contributed by atoms with Crippen molar-refractivity contribution in [1.29, 1.82) is 0 Å². The molecule has 0 radical (unpaired) electrons. The molecular weight excluding hydrogens is 504 g/mol. The Morgan fingerprint density at radius 2 is 0.667 bits per heavy atom. The quantitative estimate of drug-likeness (QED) is 0.155. The molecule has 0 saturated carbocycles. The fraction of sp³-hybridized carbons (Fsp3) is 0. The van der Waals surface area contributed by atoms with Gasteiger partial charge in [-0.3, -0.25) is 0 Å². The standard InChI is InChI=1S/C42H24/c1-3-11-26(12-4-1)37-30-17-7-8-18-31(30)38(27-13-5-2-6-14-27)42-35-24-22-33-29-20-10-16-25-15-9-19-28(36(25)29)32-21-23-34(41(37)42)40(35)39(32)33/h1-24H. The molecule has 0 N–H and O–H groups in total. The van der Waals surface area contributed by atoms with Gasteiger partial charge < -0.3 is 0 Å². The van der Waals surface area contributed by atoms with Gasteiger partial charge in [0.25, 0.3) is 0 Å². The zero-order valence-electron chi connectivity index (χ0n) is 22.9. The van der Waals surface area contributed by atoms with Crippen LogP contribution in [0, 0.1) is 0 Å². The molecular formula is C42H24. The van der Waals surface area contributed by atoms with E-state index < -0.39 is 0 Å². The number of hydrogen-bond donors (Lipinski definition) is 0. The molecule has 1 aliphatic rings. The fourth-order valence-electron chi connectivity index (χ4n) is 7.94. The second-order valence-electron chi connectivity index (χ2n) is 11.6. The molecule has 0 nitrogen and oxygen atoms in total. The first-order chi connectivity index (χ1) is 20.9. The Hall–Kier alpha value is -5.46. The maximum absolute atomic E-state index is 2.40. The second kappa shape index (κ2) is 8.06. The van der Waals surface area contributed by atoms with E-state index in [0.717, 1.165) is 0 Å². The molecule has 0 unspecified atom stereocenters. The van der Waals surface area contributed by atoms with Crippen LogP contribution in [0.25, 0.3) is 98.4 Å². The van der Waals surface area contributed by atoms with Crippen LogP contribution in [0.5, 0.6) is 0 Å². The van der Waals surface area contributed by atoms with E-state index in [9.17, 15) is 0 Å². The van der Waals surface area contributed by atoms with Crippen molar-refractivity contribution in [3.8, 4) is 44.5 Å². The smallest absolute Gasteiger partial charge is 0.000740 e. The van der Waals surface area contributed by atoms with E-state index in [4.69, 9.17) is 0 Å². The molecule has 0 bridgehead atoms. The molecule has 192 valence electrons. The number of hydrogen-bond acceptors (Lipinski definition) is 0. The number of benzene rings is 9. The maximum Gasteiger partial charge on any atom is -0.000740 e. The lowest BCUT2D eigenvalue weighted by atomic mass is 9.82. The van der Waals surface area contributed by atoms with Crippen LogP contribution < -0.4 is 0 Å². The highest BCUT2D eigenvalue weighted by Gasteiger charge is 2.31. The first-order valence-corrected chi connectivity index (χ1v) is 14.7. The summed E-state index contributed by atoms with van der Waals surface area (Å²) in [5.41, 5.74) is 10.6. The van der Waals surface area contributed by atoms with Crippen LogP contribution in [-0.2, 0) is 0 Å². The minimum Gasteiger partial charge on any atom is -0.0622 e. The molecule has 0 amide bonds. The van der Waals surface area contributed by atoms with E-state index in [2.05, 4.69) is 146 Å². The van der Waals surface area contributed by atoms with E-state index in [1.54, 1.807) is 0 Å². The molecule has 0 aromatic heterocycles. The molecule has 42 heavy (non-hydrogen) atoms. The lowest BCUT2D eigenvalue weighted by molar-refractivity contribution is 1.62. The van der Waals surface area contributed by atoms with Gasteiger partial charge in [0.2, 0.25) is 0 Å². The van der Waals surface area contributed by atoms with Crippen molar-refractivity contribution >= 4 is 53.9 Å². The highest BCUT2D eigenvalue weighted by Crippen LogP contribution is 2.59. The molecule has 0 spiro atoms. The first kappa shape index (κ1) is 22.3. The van der Waals surface area contributed by atoms with E-state index in [0.29, 0.717) is 0 Å². The molecule has 9 aromatic rings. The molecule has 0 heteroatoms. The predicted molar refractivity (Wildman–Crippen MR) is 180 cm³/mol.